The number of nitrogens with one attached hydrogen (secondary N) is 2. The molecule has 1 saturated heterocycles. The minimum absolute atomic E-state index is 0.0400. The Hall–Kier alpha value is -1.07. The minimum atomic E-state index is -0.0585. The highest BCUT2D eigenvalue weighted by Gasteiger charge is 2.20. The number of rotatable bonds is 5. The zero-order valence-corrected chi connectivity index (χ0v) is 13.3. The molecule has 1 aromatic carbocycles. The van der Waals surface area contributed by atoms with Crippen LogP contribution in [0.5, 0.6) is 5.75 Å². The number of carbonyl (C=O) groups is 1. The molecule has 0 aromatic heterocycles. The summed E-state index contributed by atoms with van der Waals surface area (Å²) in [4.78, 5) is 12.0. The fourth-order valence-corrected chi connectivity index (χ4v) is 2.64. The lowest BCUT2D eigenvalue weighted by molar-refractivity contribution is -0.124. The zero-order valence-electron chi connectivity index (χ0n) is 11.7. The molecule has 1 aliphatic heterocycles. The van der Waals surface area contributed by atoms with E-state index in [0.717, 1.165) is 36.0 Å². The van der Waals surface area contributed by atoms with E-state index in [0.29, 0.717) is 6.54 Å². The van der Waals surface area contributed by atoms with Gasteiger partial charge in [0, 0.05) is 4.47 Å². The highest BCUT2D eigenvalue weighted by atomic mass is 79.9. The van der Waals surface area contributed by atoms with Gasteiger partial charge < -0.3 is 15.4 Å². The quantitative estimate of drug-likeness (QED) is 0.865. The van der Waals surface area contributed by atoms with Crippen LogP contribution >= 0.6 is 15.9 Å². The van der Waals surface area contributed by atoms with Crippen LogP contribution in [0.1, 0.15) is 26.2 Å². The standard InChI is InChI=1S/C15H21BrN2O2/c1-11(20-13-6-4-5-12(16)9-13)10-18-15(19)14-7-2-3-8-17-14/h4-6,9,11,14,17H,2-3,7-8,10H2,1H3,(H,18,19). The van der Waals surface area contributed by atoms with Crippen LogP contribution in [0.2, 0.25) is 0 Å². The molecular weight excluding hydrogens is 320 g/mol. The molecule has 5 heteroatoms. The first-order valence-corrected chi connectivity index (χ1v) is 7.88. The van der Waals surface area contributed by atoms with E-state index in [4.69, 9.17) is 4.74 Å². The molecule has 1 fully saturated rings. The lowest BCUT2D eigenvalue weighted by atomic mass is 10.0. The maximum atomic E-state index is 12.0. The summed E-state index contributed by atoms with van der Waals surface area (Å²) in [5.74, 6) is 0.881. The maximum absolute atomic E-state index is 12.0. The third-order valence-electron chi connectivity index (χ3n) is 3.32. The average Bonchev–Trinajstić information content (AvgIpc) is 2.46. The van der Waals surface area contributed by atoms with Gasteiger partial charge in [0.2, 0.25) is 5.91 Å². The summed E-state index contributed by atoms with van der Waals surface area (Å²) in [6.45, 7) is 3.40. The Labute approximate surface area is 128 Å². The van der Waals surface area contributed by atoms with Gasteiger partial charge in [0.05, 0.1) is 12.6 Å². The van der Waals surface area contributed by atoms with Crippen LogP contribution in [0.25, 0.3) is 0 Å². The van der Waals surface area contributed by atoms with E-state index >= 15 is 0 Å². The van der Waals surface area contributed by atoms with Crippen LogP contribution in [-0.2, 0) is 4.79 Å². The summed E-state index contributed by atoms with van der Waals surface area (Å²) < 4.78 is 6.75. The number of amides is 1. The summed E-state index contributed by atoms with van der Waals surface area (Å²) in [6, 6.07) is 7.67. The number of hydrogen-bond acceptors (Lipinski definition) is 3. The molecule has 2 unspecified atom stereocenters. The first-order chi connectivity index (χ1) is 9.65. The molecule has 2 atom stereocenters. The predicted molar refractivity (Wildman–Crippen MR) is 82.9 cm³/mol. The van der Waals surface area contributed by atoms with Crippen molar-refractivity contribution in [3.8, 4) is 5.75 Å². The summed E-state index contributed by atoms with van der Waals surface area (Å²) >= 11 is 3.41. The van der Waals surface area contributed by atoms with Crippen LogP contribution < -0.4 is 15.4 Å². The highest BCUT2D eigenvalue weighted by molar-refractivity contribution is 9.10. The fourth-order valence-electron chi connectivity index (χ4n) is 2.26. The number of ether oxygens (including phenoxy) is 1. The Morgan fingerprint density at radius 3 is 3.10 bits per heavy atom. The molecule has 0 aliphatic carbocycles. The molecule has 20 heavy (non-hydrogen) atoms. The van der Waals surface area contributed by atoms with Gasteiger partial charge in [-0.15, -0.1) is 0 Å². The number of carbonyl (C=O) groups excluding carboxylic acids is 1. The molecule has 0 radical (unpaired) electrons. The normalized spacial score (nSPS) is 20.2. The molecule has 1 amide bonds. The SMILES string of the molecule is CC(CNC(=O)C1CCCCN1)Oc1cccc(Br)c1. The average molecular weight is 341 g/mol. The third kappa shape index (κ3) is 4.80. The molecule has 1 aromatic rings. The van der Waals surface area contributed by atoms with Crippen LogP contribution in [0.3, 0.4) is 0 Å². The van der Waals surface area contributed by atoms with Crippen LogP contribution in [0.15, 0.2) is 28.7 Å². The Balaban J connectivity index is 1.74. The number of benzene rings is 1. The predicted octanol–water partition coefficient (Wildman–Crippen LogP) is 2.47. The smallest absolute Gasteiger partial charge is 0.237 e. The third-order valence-corrected chi connectivity index (χ3v) is 3.82. The van der Waals surface area contributed by atoms with Gasteiger partial charge in [0.25, 0.3) is 0 Å². The van der Waals surface area contributed by atoms with E-state index in [2.05, 4.69) is 26.6 Å². The van der Waals surface area contributed by atoms with Gasteiger partial charge in [-0.25, -0.2) is 0 Å². The molecule has 0 spiro atoms. The molecule has 0 saturated carbocycles. The van der Waals surface area contributed by atoms with E-state index in [9.17, 15) is 4.79 Å². The Kier molecular flexibility index (Phi) is 5.86. The first kappa shape index (κ1) is 15.3. The lowest BCUT2D eigenvalue weighted by Crippen LogP contribution is -2.48. The van der Waals surface area contributed by atoms with Gasteiger partial charge in [-0.05, 0) is 44.5 Å². The van der Waals surface area contributed by atoms with Crippen molar-refractivity contribution in [2.75, 3.05) is 13.1 Å². The van der Waals surface area contributed by atoms with Gasteiger partial charge in [-0.2, -0.15) is 0 Å². The van der Waals surface area contributed by atoms with Gasteiger partial charge in [-0.3, -0.25) is 4.79 Å². The molecule has 4 nitrogen and oxygen atoms in total. The molecule has 0 bridgehead atoms. The van der Waals surface area contributed by atoms with E-state index in [1.54, 1.807) is 0 Å². The Bertz CT molecular complexity index is 447. The summed E-state index contributed by atoms with van der Waals surface area (Å²) in [6.07, 6.45) is 3.14. The van der Waals surface area contributed by atoms with Gasteiger partial charge in [-0.1, -0.05) is 28.4 Å². The Morgan fingerprint density at radius 2 is 2.40 bits per heavy atom. The number of piperidine rings is 1. The lowest BCUT2D eigenvalue weighted by Gasteiger charge is -2.23. The van der Waals surface area contributed by atoms with Crippen LogP contribution in [0.4, 0.5) is 0 Å². The van der Waals surface area contributed by atoms with E-state index in [-0.39, 0.29) is 18.1 Å². The maximum Gasteiger partial charge on any atom is 0.237 e. The summed E-state index contributed by atoms with van der Waals surface area (Å²) in [7, 11) is 0. The number of halogens is 1. The Morgan fingerprint density at radius 1 is 1.55 bits per heavy atom. The summed E-state index contributed by atoms with van der Waals surface area (Å²) in [5.41, 5.74) is 0. The van der Waals surface area contributed by atoms with Crippen LogP contribution in [-0.4, -0.2) is 31.1 Å². The van der Waals surface area contributed by atoms with Crippen molar-refractivity contribution in [3.63, 3.8) is 0 Å². The monoisotopic (exact) mass is 340 g/mol. The van der Waals surface area contributed by atoms with Gasteiger partial charge >= 0.3 is 0 Å². The molecule has 110 valence electrons. The topological polar surface area (TPSA) is 50.4 Å². The van der Waals surface area contributed by atoms with Crippen molar-refractivity contribution in [2.24, 2.45) is 0 Å². The molecular formula is C15H21BrN2O2. The second kappa shape index (κ2) is 7.64. The first-order valence-electron chi connectivity index (χ1n) is 7.08. The summed E-state index contributed by atoms with van der Waals surface area (Å²) in [5, 5.41) is 6.19. The van der Waals surface area contributed by atoms with E-state index in [1.807, 2.05) is 31.2 Å². The van der Waals surface area contributed by atoms with Crippen molar-refractivity contribution in [2.45, 2.75) is 38.3 Å². The minimum Gasteiger partial charge on any atom is -0.489 e. The second-order valence-corrected chi connectivity index (χ2v) is 6.05. The fraction of sp³-hybridized carbons (Fsp3) is 0.533. The van der Waals surface area contributed by atoms with Crippen molar-refractivity contribution >= 4 is 21.8 Å². The van der Waals surface area contributed by atoms with Crippen molar-refractivity contribution in [1.29, 1.82) is 0 Å². The van der Waals surface area contributed by atoms with Crippen molar-refractivity contribution in [3.05, 3.63) is 28.7 Å². The molecule has 1 aliphatic rings. The van der Waals surface area contributed by atoms with Gasteiger partial charge in [0.15, 0.2) is 0 Å². The van der Waals surface area contributed by atoms with Gasteiger partial charge in [0.1, 0.15) is 11.9 Å². The number of hydrogen-bond donors (Lipinski definition) is 2. The van der Waals surface area contributed by atoms with Crippen molar-refractivity contribution in [1.82, 2.24) is 10.6 Å². The highest BCUT2D eigenvalue weighted by Crippen LogP contribution is 2.18. The zero-order chi connectivity index (χ0) is 14.4. The molecule has 1 heterocycles. The van der Waals surface area contributed by atoms with Crippen molar-refractivity contribution < 1.29 is 9.53 Å². The largest absolute Gasteiger partial charge is 0.489 e. The molecule has 2 N–H and O–H groups in total. The van der Waals surface area contributed by atoms with E-state index < -0.39 is 0 Å². The van der Waals surface area contributed by atoms with Crippen LogP contribution in [0, 0.1) is 0 Å². The van der Waals surface area contributed by atoms with E-state index in [1.165, 1.54) is 0 Å². The second-order valence-electron chi connectivity index (χ2n) is 5.13. The molecule has 2 rings (SSSR count).